The molecular weight excluding hydrogens is 202 g/mol. The van der Waals surface area contributed by atoms with Gasteiger partial charge in [0.05, 0.1) is 0 Å². The summed E-state index contributed by atoms with van der Waals surface area (Å²) in [7, 11) is 0. The molecule has 0 atom stereocenters. The highest BCUT2D eigenvalue weighted by molar-refractivity contribution is 9.09. The fraction of sp³-hybridized carbons (Fsp3) is 0.444. The molecule has 0 saturated carbocycles. The van der Waals surface area contributed by atoms with Crippen LogP contribution < -0.4 is 0 Å². The number of rotatable bonds is 3. The van der Waals surface area contributed by atoms with Gasteiger partial charge in [-0.15, -0.1) is 0 Å². The van der Waals surface area contributed by atoms with Gasteiger partial charge in [0, 0.05) is 17.7 Å². The highest BCUT2D eigenvalue weighted by Gasteiger charge is 1.92. The van der Waals surface area contributed by atoms with Gasteiger partial charge in [0.15, 0.2) is 0 Å². The molecule has 0 fully saturated rings. The molecule has 0 unspecified atom stereocenters. The Balaban J connectivity index is 2.56. The molecular formula is C9H12BrN. The fourth-order valence-corrected chi connectivity index (χ4v) is 1.31. The molecule has 0 amide bonds. The third kappa shape index (κ3) is 3.02. The van der Waals surface area contributed by atoms with Crippen molar-refractivity contribution in [1.29, 1.82) is 0 Å². The van der Waals surface area contributed by atoms with E-state index in [2.05, 4.69) is 33.9 Å². The van der Waals surface area contributed by atoms with Crippen LogP contribution >= 0.6 is 15.9 Å². The van der Waals surface area contributed by atoms with Crippen LogP contribution in [0.4, 0.5) is 0 Å². The van der Waals surface area contributed by atoms with Gasteiger partial charge in [0.25, 0.3) is 0 Å². The van der Waals surface area contributed by atoms with Crippen molar-refractivity contribution in [3.63, 3.8) is 0 Å². The molecule has 2 heteroatoms. The van der Waals surface area contributed by atoms with E-state index in [1.807, 2.05) is 12.4 Å². The van der Waals surface area contributed by atoms with Gasteiger partial charge in [-0.3, -0.25) is 4.98 Å². The molecule has 11 heavy (non-hydrogen) atoms. The van der Waals surface area contributed by atoms with Crippen molar-refractivity contribution in [2.75, 3.05) is 5.33 Å². The van der Waals surface area contributed by atoms with Gasteiger partial charge in [-0.25, -0.2) is 0 Å². The van der Waals surface area contributed by atoms with E-state index < -0.39 is 0 Å². The summed E-state index contributed by atoms with van der Waals surface area (Å²) in [5, 5.41) is 1.07. The highest BCUT2D eigenvalue weighted by atomic mass is 79.9. The minimum Gasteiger partial charge on any atom is -0.264 e. The first-order valence-electron chi connectivity index (χ1n) is 3.79. The van der Waals surface area contributed by atoms with Gasteiger partial charge in [0.2, 0.25) is 0 Å². The van der Waals surface area contributed by atoms with Crippen LogP contribution in [0.1, 0.15) is 17.5 Å². The number of nitrogens with zero attached hydrogens (tertiary/aromatic N) is 1. The summed E-state index contributed by atoms with van der Waals surface area (Å²) < 4.78 is 0. The van der Waals surface area contributed by atoms with Crippen LogP contribution in [-0.2, 0) is 6.42 Å². The lowest BCUT2D eigenvalue weighted by atomic mass is 10.1. The summed E-state index contributed by atoms with van der Waals surface area (Å²) in [4.78, 5) is 4.12. The minimum atomic E-state index is 1.07. The van der Waals surface area contributed by atoms with E-state index >= 15 is 0 Å². The number of pyridine rings is 1. The number of alkyl halides is 1. The Morgan fingerprint density at radius 1 is 1.45 bits per heavy atom. The predicted octanol–water partition coefficient (Wildman–Crippen LogP) is 2.72. The molecule has 1 rings (SSSR count). The lowest BCUT2D eigenvalue weighted by molar-refractivity contribution is 0.927. The largest absolute Gasteiger partial charge is 0.264 e. The summed E-state index contributed by atoms with van der Waals surface area (Å²) in [5.41, 5.74) is 2.58. The maximum absolute atomic E-state index is 4.12. The highest BCUT2D eigenvalue weighted by Crippen LogP contribution is 2.04. The first-order chi connectivity index (χ1) is 5.33. The summed E-state index contributed by atoms with van der Waals surface area (Å²) in [6, 6.07) is 2.19. The molecule has 0 aliphatic rings. The van der Waals surface area contributed by atoms with Crippen molar-refractivity contribution >= 4 is 15.9 Å². The summed E-state index contributed by atoms with van der Waals surface area (Å²) >= 11 is 3.40. The number of aryl methyl sites for hydroxylation is 2. The van der Waals surface area contributed by atoms with Crippen molar-refractivity contribution in [2.45, 2.75) is 19.8 Å². The zero-order valence-electron chi connectivity index (χ0n) is 6.68. The average Bonchev–Trinajstić information content (AvgIpc) is 2.01. The molecule has 0 aliphatic heterocycles. The van der Waals surface area contributed by atoms with Gasteiger partial charge in [0.1, 0.15) is 0 Å². The van der Waals surface area contributed by atoms with Crippen molar-refractivity contribution < 1.29 is 0 Å². The third-order valence-corrected chi connectivity index (χ3v) is 2.09. The normalized spacial score (nSPS) is 10.0. The van der Waals surface area contributed by atoms with Crippen molar-refractivity contribution in [1.82, 2.24) is 4.98 Å². The Labute approximate surface area is 76.0 Å². The second-order valence-corrected chi connectivity index (χ2v) is 3.46. The molecule has 1 aromatic heterocycles. The van der Waals surface area contributed by atoms with Crippen molar-refractivity contribution in [2.24, 2.45) is 0 Å². The first kappa shape index (κ1) is 8.72. The van der Waals surface area contributed by atoms with E-state index in [0.29, 0.717) is 0 Å². The Kier molecular flexibility index (Phi) is 3.57. The Hall–Kier alpha value is -0.370. The van der Waals surface area contributed by atoms with E-state index in [9.17, 15) is 0 Å². The smallest absolute Gasteiger partial charge is 0.0300 e. The number of hydrogen-bond donors (Lipinski definition) is 0. The van der Waals surface area contributed by atoms with Gasteiger partial charge in [-0.2, -0.15) is 0 Å². The molecule has 0 saturated heterocycles. The van der Waals surface area contributed by atoms with Gasteiger partial charge in [-0.05, 0) is 30.9 Å². The summed E-state index contributed by atoms with van der Waals surface area (Å²) in [6.45, 7) is 2.07. The zero-order valence-corrected chi connectivity index (χ0v) is 8.26. The van der Waals surface area contributed by atoms with Gasteiger partial charge < -0.3 is 0 Å². The molecule has 0 N–H and O–H groups in total. The average molecular weight is 214 g/mol. The Morgan fingerprint density at radius 2 is 2.27 bits per heavy atom. The number of hydrogen-bond acceptors (Lipinski definition) is 1. The number of aromatic nitrogens is 1. The Bertz CT molecular complexity index is 223. The molecule has 0 radical (unpaired) electrons. The quantitative estimate of drug-likeness (QED) is 0.705. The van der Waals surface area contributed by atoms with Crippen molar-refractivity contribution in [3.05, 3.63) is 29.6 Å². The molecule has 1 aromatic rings. The second kappa shape index (κ2) is 4.50. The first-order valence-corrected chi connectivity index (χ1v) is 4.91. The summed E-state index contributed by atoms with van der Waals surface area (Å²) in [5.74, 6) is 0. The number of halogens is 1. The Morgan fingerprint density at radius 3 is 2.91 bits per heavy atom. The van der Waals surface area contributed by atoms with Gasteiger partial charge >= 0.3 is 0 Å². The second-order valence-electron chi connectivity index (χ2n) is 2.66. The molecule has 0 spiro atoms. The topological polar surface area (TPSA) is 12.9 Å². The maximum Gasteiger partial charge on any atom is 0.0300 e. The van der Waals surface area contributed by atoms with Crippen LogP contribution in [0, 0.1) is 6.92 Å². The third-order valence-electron chi connectivity index (χ3n) is 1.53. The molecule has 0 bridgehead atoms. The lowest BCUT2D eigenvalue weighted by Crippen LogP contribution is -1.88. The molecule has 60 valence electrons. The van der Waals surface area contributed by atoms with Gasteiger partial charge in [-0.1, -0.05) is 22.0 Å². The van der Waals surface area contributed by atoms with E-state index in [4.69, 9.17) is 0 Å². The standard InChI is InChI=1S/C9H12BrN/c1-8-5-9(3-2-4-10)7-11-6-8/h5-7H,2-4H2,1H3. The van der Waals surface area contributed by atoms with Crippen LogP contribution in [0.2, 0.25) is 0 Å². The van der Waals surface area contributed by atoms with Crippen LogP contribution in [0.5, 0.6) is 0 Å². The zero-order chi connectivity index (χ0) is 8.10. The molecule has 0 aromatic carbocycles. The predicted molar refractivity (Wildman–Crippen MR) is 51.1 cm³/mol. The summed E-state index contributed by atoms with van der Waals surface area (Å²) in [6.07, 6.45) is 6.14. The van der Waals surface area contributed by atoms with E-state index in [1.165, 1.54) is 17.5 Å². The molecule has 1 nitrogen and oxygen atoms in total. The van der Waals surface area contributed by atoms with E-state index in [-0.39, 0.29) is 0 Å². The minimum absolute atomic E-state index is 1.07. The maximum atomic E-state index is 4.12. The monoisotopic (exact) mass is 213 g/mol. The van der Waals surface area contributed by atoms with Crippen molar-refractivity contribution in [3.8, 4) is 0 Å². The van der Waals surface area contributed by atoms with E-state index in [1.54, 1.807) is 0 Å². The van der Waals surface area contributed by atoms with Crippen LogP contribution in [-0.4, -0.2) is 10.3 Å². The SMILES string of the molecule is Cc1cncc(CCCBr)c1. The molecule has 1 heterocycles. The van der Waals surface area contributed by atoms with Crippen LogP contribution in [0.25, 0.3) is 0 Å². The lowest BCUT2D eigenvalue weighted by Gasteiger charge is -1.98. The van der Waals surface area contributed by atoms with Crippen LogP contribution in [0.15, 0.2) is 18.5 Å². The van der Waals surface area contributed by atoms with E-state index in [0.717, 1.165) is 11.8 Å². The molecule has 0 aliphatic carbocycles. The fourth-order valence-electron chi connectivity index (χ4n) is 1.03. The van der Waals surface area contributed by atoms with Crippen LogP contribution in [0.3, 0.4) is 0 Å².